The zero-order valence-electron chi connectivity index (χ0n) is 19.9. The van der Waals surface area contributed by atoms with Gasteiger partial charge in [0.25, 0.3) is 5.91 Å². The molecule has 4 amide bonds. The number of benzene rings is 3. The zero-order chi connectivity index (χ0) is 24.8. The number of urea groups is 1. The molecule has 0 aromatic heterocycles. The summed E-state index contributed by atoms with van der Waals surface area (Å²) in [6.45, 7) is 4.52. The number of hydrogen-bond donors (Lipinski definition) is 2. The SMILES string of the molecule is Cc1ccc(C2(C)NC(=O)N(CC(=O)NCc3cccc(COCc4ccccc4)c3)C2=O)cc1. The van der Waals surface area contributed by atoms with E-state index >= 15 is 0 Å². The largest absolute Gasteiger partial charge is 0.372 e. The molecular formula is C28H29N3O4. The average molecular weight is 472 g/mol. The Labute approximate surface area is 205 Å². The molecule has 1 heterocycles. The van der Waals surface area contributed by atoms with E-state index in [4.69, 9.17) is 4.74 Å². The molecule has 3 aromatic rings. The first-order chi connectivity index (χ1) is 16.8. The van der Waals surface area contributed by atoms with E-state index in [-0.39, 0.29) is 13.1 Å². The summed E-state index contributed by atoms with van der Waals surface area (Å²) in [5.41, 5.74) is 3.54. The highest BCUT2D eigenvalue weighted by atomic mass is 16.5. The van der Waals surface area contributed by atoms with Crippen LogP contribution in [0, 0.1) is 6.92 Å². The normalized spacial score (nSPS) is 17.4. The molecule has 1 aliphatic rings. The maximum Gasteiger partial charge on any atom is 0.325 e. The number of rotatable bonds is 9. The highest BCUT2D eigenvalue weighted by Gasteiger charge is 2.49. The molecule has 1 fully saturated rings. The molecule has 180 valence electrons. The van der Waals surface area contributed by atoms with E-state index < -0.39 is 23.4 Å². The molecule has 1 atom stereocenters. The summed E-state index contributed by atoms with van der Waals surface area (Å²) in [6, 6.07) is 24.5. The molecule has 0 spiro atoms. The van der Waals surface area contributed by atoms with E-state index in [1.165, 1.54) is 0 Å². The first-order valence-corrected chi connectivity index (χ1v) is 11.5. The van der Waals surface area contributed by atoms with Gasteiger partial charge in [-0.15, -0.1) is 0 Å². The van der Waals surface area contributed by atoms with Crippen LogP contribution in [0.2, 0.25) is 0 Å². The first kappa shape index (κ1) is 24.2. The summed E-state index contributed by atoms with van der Waals surface area (Å²) in [5, 5.41) is 5.52. The molecule has 0 bridgehead atoms. The lowest BCUT2D eigenvalue weighted by molar-refractivity contribution is -0.134. The Bertz CT molecular complexity index is 1210. The van der Waals surface area contributed by atoms with Crippen LogP contribution in [-0.2, 0) is 39.6 Å². The monoisotopic (exact) mass is 471 g/mol. The van der Waals surface area contributed by atoms with Crippen molar-refractivity contribution < 1.29 is 19.1 Å². The summed E-state index contributed by atoms with van der Waals surface area (Å²) in [4.78, 5) is 39.0. The predicted molar refractivity (Wildman–Crippen MR) is 132 cm³/mol. The minimum Gasteiger partial charge on any atom is -0.372 e. The number of amides is 4. The zero-order valence-corrected chi connectivity index (χ0v) is 19.9. The Morgan fingerprint density at radius 1 is 0.914 bits per heavy atom. The first-order valence-electron chi connectivity index (χ1n) is 11.5. The van der Waals surface area contributed by atoms with Crippen LogP contribution in [0.25, 0.3) is 0 Å². The Morgan fingerprint density at radius 2 is 1.57 bits per heavy atom. The number of hydrogen-bond acceptors (Lipinski definition) is 4. The molecular weight excluding hydrogens is 442 g/mol. The van der Waals surface area contributed by atoms with Crippen molar-refractivity contribution in [3.8, 4) is 0 Å². The Balaban J connectivity index is 1.29. The van der Waals surface area contributed by atoms with Gasteiger partial charge in [-0.1, -0.05) is 84.4 Å². The van der Waals surface area contributed by atoms with Crippen LogP contribution in [0.3, 0.4) is 0 Å². The number of nitrogens with one attached hydrogen (secondary N) is 2. The third-order valence-electron chi connectivity index (χ3n) is 6.07. The van der Waals surface area contributed by atoms with E-state index in [1.54, 1.807) is 6.92 Å². The van der Waals surface area contributed by atoms with E-state index in [9.17, 15) is 14.4 Å². The smallest absolute Gasteiger partial charge is 0.325 e. The molecule has 2 N–H and O–H groups in total. The van der Waals surface area contributed by atoms with Crippen LogP contribution in [0.4, 0.5) is 4.79 Å². The molecule has 35 heavy (non-hydrogen) atoms. The van der Waals surface area contributed by atoms with Gasteiger partial charge in [0.1, 0.15) is 12.1 Å². The Morgan fingerprint density at radius 3 is 2.31 bits per heavy atom. The molecule has 3 aromatic carbocycles. The quantitative estimate of drug-likeness (QED) is 0.465. The number of ether oxygens (including phenoxy) is 1. The van der Waals surface area contributed by atoms with E-state index in [0.717, 1.165) is 27.2 Å². The molecule has 4 rings (SSSR count). The highest BCUT2D eigenvalue weighted by Crippen LogP contribution is 2.28. The number of nitrogens with zero attached hydrogens (tertiary/aromatic N) is 1. The fourth-order valence-electron chi connectivity index (χ4n) is 4.01. The topological polar surface area (TPSA) is 87.7 Å². The summed E-state index contributed by atoms with van der Waals surface area (Å²) in [6.07, 6.45) is 0. The second kappa shape index (κ2) is 10.5. The van der Waals surface area contributed by atoms with Crippen molar-refractivity contribution in [1.29, 1.82) is 0 Å². The third-order valence-corrected chi connectivity index (χ3v) is 6.07. The van der Waals surface area contributed by atoms with Gasteiger partial charge in [-0.3, -0.25) is 14.5 Å². The molecule has 1 saturated heterocycles. The second-order valence-corrected chi connectivity index (χ2v) is 8.89. The number of imide groups is 1. The number of carbonyl (C=O) groups is 3. The van der Waals surface area contributed by atoms with Gasteiger partial charge < -0.3 is 15.4 Å². The fourth-order valence-corrected chi connectivity index (χ4v) is 4.01. The van der Waals surface area contributed by atoms with Gasteiger partial charge in [0.2, 0.25) is 5.91 Å². The van der Waals surface area contributed by atoms with Crippen LogP contribution in [0.1, 0.15) is 34.7 Å². The maximum absolute atomic E-state index is 13.0. The standard InChI is InChI=1S/C28H29N3O4/c1-20-11-13-24(14-12-20)28(2)26(33)31(27(34)30-28)17-25(32)29-16-22-9-6-10-23(15-22)19-35-18-21-7-4-3-5-8-21/h3-15H,16-19H2,1-2H3,(H,29,32)(H,30,34). The highest BCUT2D eigenvalue weighted by molar-refractivity contribution is 6.09. The van der Waals surface area contributed by atoms with Crippen molar-refractivity contribution in [3.05, 3.63) is 107 Å². The summed E-state index contributed by atoms with van der Waals surface area (Å²) >= 11 is 0. The van der Waals surface area contributed by atoms with Crippen molar-refractivity contribution in [2.24, 2.45) is 0 Å². The van der Waals surface area contributed by atoms with E-state index in [2.05, 4.69) is 10.6 Å². The molecule has 7 nitrogen and oxygen atoms in total. The van der Waals surface area contributed by atoms with Gasteiger partial charge in [-0.05, 0) is 36.1 Å². The van der Waals surface area contributed by atoms with E-state index in [0.29, 0.717) is 18.8 Å². The maximum atomic E-state index is 13.0. The lowest BCUT2D eigenvalue weighted by Crippen LogP contribution is -2.43. The van der Waals surface area contributed by atoms with Gasteiger partial charge in [0.05, 0.1) is 13.2 Å². The van der Waals surface area contributed by atoms with Gasteiger partial charge in [0.15, 0.2) is 0 Å². The van der Waals surface area contributed by atoms with Gasteiger partial charge in [-0.2, -0.15) is 0 Å². The molecule has 0 saturated carbocycles. The minimum atomic E-state index is -1.20. The lowest BCUT2D eigenvalue weighted by Gasteiger charge is -2.22. The summed E-state index contributed by atoms with van der Waals surface area (Å²) in [5.74, 6) is -0.855. The van der Waals surface area contributed by atoms with Crippen LogP contribution in [-0.4, -0.2) is 29.3 Å². The lowest BCUT2D eigenvalue weighted by atomic mass is 9.91. The average Bonchev–Trinajstić information content (AvgIpc) is 3.08. The van der Waals surface area contributed by atoms with Crippen LogP contribution < -0.4 is 10.6 Å². The molecule has 0 aliphatic carbocycles. The summed E-state index contributed by atoms with van der Waals surface area (Å²) < 4.78 is 5.79. The van der Waals surface area contributed by atoms with Gasteiger partial charge >= 0.3 is 6.03 Å². The van der Waals surface area contributed by atoms with Crippen LogP contribution in [0.5, 0.6) is 0 Å². The van der Waals surface area contributed by atoms with Gasteiger partial charge in [-0.25, -0.2) is 4.79 Å². The van der Waals surface area contributed by atoms with Crippen molar-refractivity contribution in [1.82, 2.24) is 15.5 Å². The molecule has 1 unspecified atom stereocenters. The van der Waals surface area contributed by atoms with E-state index in [1.807, 2.05) is 85.8 Å². The van der Waals surface area contributed by atoms with Crippen molar-refractivity contribution in [2.45, 2.75) is 39.1 Å². The second-order valence-electron chi connectivity index (χ2n) is 8.89. The fraction of sp³-hybridized carbons (Fsp3) is 0.250. The van der Waals surface area contributed by atoms with Crippen LogP contribution >= 0.6 is 0 Å². The molecule has 7 heteroatoms. The Kier molecular flexibility index (Phi) is 7.27. The predicted octanol–water partition coefficient (Wildman–Crippen LogP) is 3.80. The van der Waals surface area contributed by atoms with Crippen molar-refractivity contribution in [3.63, 3.8) is 0 Å². The number of carbonyl (C=O) groups excluding carboxylic acids is 3. The third kappa shape index (κ3) is 5.75. The molecule has 1 aliphatic heterocycles. The Hall–Kier alpha value is -3.97. The number of aryl methyl sites for hydroxylation is 1. The minimum absolute atomic E-state index is 0.282. The molecule has 0 radical (unpaired) electrons. The van der Waals surface area contributed by atoms with Crippen LogP contribution in [0.15, 0.2) is 78.9 Å². The summed E-state index contributed by atoms with van der Waals surface area (Å²) in [7, 11) is 0. The van der Waals surface area contributed by atoms with Crippen molar-refractivity contribution in [2.75, 3.05) is 6.54 Å². The van der Waals surface area contributed by atoms with Crippen molar-refractivity contribution >= 4 is 17.8 Å². The van der Waals surface area contributed by atoms with Gasteiger partial charge in [0, 0.05) is 6.54 Å².